The number of anilines is 1. The van der Waals surface area contributed by atoms with Crippen molar-refractivity contribution in [2.45, 2.75) is 6.04 Å². The maximum atomic E-state index is 12.5. The van der Waals surface area contributed by atoms with Crippen LogP contribution in [0.2, 0.25) is 5.02 Å². The summed E-state index contributed by atoms with van der Waals surface area (Å²) < 4.78 is 2.25. The van der Waals surface area contributed by atoms with E-state index in [1.54, 1.807) is 24.3 Å². The second kappa shape index (κ2) is 5.03. The number of hydrogen-bond acceptors (Lipinski definition) is 3. The van der Waals surface area contributed by atoms with Crippen molar-refractivity contribution in [2.75, 3.05) is 5.32 Å². The Morgan fingerprint density at radius 1 is 1.14 bits per heavy atom. The van der Waals surface area contributed by atoms with Crippen LogP contribution in [-0.2, 0) is 14.1 Å². The normalized spacial score (nSPS) is 16.7. The topological polar surface area (TPSA) is 85.1 Å². The zero-order valence-corrected chi connectivity index (χ0v) is 12.6. The third-order valence-corrected chi connectivity index (χ3v) is 3.91. The lowest BCUT2D eigenvalue weighted by Crippen LogP contribution is -2.49. The molecule has 2 amide bonds. The average molecular weight is 321 g/mol. The minimum Gasteiger partial charge on any atom is -0.327 e. The third kappa shape index (κ3) is 2.10. The molecule has 0 bridgehead atoms. The molecule has 1 aliphatic rings. The molecule has 1 unspecified atom stereocenters. The second-order valence-electron chi connectivity index (χ2n) is 5.05. The summed E-state index contributed by atoms with van der Waals surface area (Å²) >= 11 is 5.99. The first-order valence-corrected chi connectivity index (χ1v) is 6.91. The second-order valence-corrected chi connectivity index (χ2v) is 5.49. The lowest BCUT2D eigenvalue weighted by molar-refractivity contribution is 0.248. The minimum atomic E-state index is -0.673. The van der Waals surface area contributed by atoms with Gasteiger partial charge in [0.2, 0.25) is 0 Å². The van der Waals surface area contributed by atoms with Crippen molar-refractivity contribution in [3.05, 3.63) is 61.3 Å². The average Bonchev–Trinajstić information content (AvgIpc) is 2.50. The van der Waals surface area contributed by atoms with Gasteiger partial charge in [0.05, 0.1) is 11.6 Å². The predicted octanol–water partition coefficient (Wildman–Crippen LogP) is 0.962. The van der Waals surface area contributed by atoms with Crippen molar-refractivity contribution >= 4 is 23.4 Å². The minimum absolute atomic E-state index is 0.196. The Labute approximate surface area is 130 Å². The van der Waals surface area contributed by atoms with Crippen LogP contribution in [0.5, 0.6) is 0 Å². The molecule has 0 spiro atoms. The summed E-state index contributed by atoms with van der Waals surface area (Å²) in [5, 5.41) is 5.71. The first kappa shape index (κ1) is 14.4. The molecule has 8 heteroatoms. The van der Waals surface area contributed by atoms with Crippen molar-refractivity contribution in [3.8, 4) is 0 Å². The highest BCUT2D eigenvalue weighted by Gasteiger charge is 2.31. The van der Waals surface area contributed by atoms with Crippen molar-refractivity contribution < 1.29 is 4.79 Å². The molecule has 0 saturated carbocycles. The molecular formula is C14H13ClN4O3. The van der Waals surface area contributed by atoms with E-state index in [0.29, 0.717) is 16.1 Å². The highest BCUT2D eigenvalue weighted by Crippen LogP contribution is 2.29. The number of benzene rings is 1. The number of nitrogens with one attached hydrogen (secondary N) is 2. The summed E-state index contributed by atoms with van der Waals surface area (Å²) in [6.45, 7) is 0. The van der Waals surface area contributed by atoms with Crippen molar-refractivity contribution in [1.82, 2.24) is 14.5 Å². The zero-order valence-electron chi connectivity index (χ0n) is 11.9. The Bertz CT molecular complexity index is 900. The van der Waals surface area contributed by atoms with Crippen molar-refractivity contribution in [1.29, 1.82) is 0 Å². The molecule has 0 radical (unpaired) electrons. The first-order valence-electron chi connectivity index (χ1n) is 6.53. The van der Waals surface area contributed by atoms with Crippen LogP contribution in [0, 0.1) is 0 Å². The molecule has 0 aliphatic carbocycles. The number of carbonyl (C=O) groups excluding carboxylic acids is 1. The summed E-state index contributed by atoms with van der Waals surface area (Å²) in [5.74, 6) is 0.196. The largest absolute Gasteiger partial charge is 0.332 e. The number of fused-ring (bicyclic) bond motifs is 1. The highest BCUT2D eigenvalue weighted by atomic mass is 35.5. The first-order chi connectivity index (χ1) is 10.4. The van der Waals surface area contributed by atoms with E-state index >= 15 is 0 Å². The maximum Gasteiger partial charge on any atom is 0.332 e. The molecule has 1 aromatic carbocycles. The lowest BCUT2D eigenvalue weighted by atomic mass is 9.98. The molecular weight excluding hydrogens is 308 g/mol. The van der Waals surface area contributed by atoms with Crippen molar-refractivity contribution in [3.63, 3.8) is 0 Å². The third-order valence-electron chi connectivity index (χ3n) is 3.68. The van der Waals surface area contributed by atoms with Crippen LogP contribution in [0.15, 0.2) is 33.9 Å². The van der Waals surface area contributed by atoms with Gasteiger partial charge in [-0.25, -0.2) is 9.59 Å². The number of amides is 2. The van der Waals surface area contributed by atoms with Gasteiger partial charge in [0.1, 0.15) is 5.82 Å². The van der Waals surface area contributed by atoms with Gasteiger partial charge in [-0.15, -0.1) is 0 Å². The molecule has 0 saturated heterocycles. The van der Waals surface area contributed by atoms with Gasteiger partial charge < -0.3 is 5.32 Å². The molecule has 1 atom stereocenters. The Kier molecular flexibility index (Phi) is 3.29. The maximum absolute atomic E-state index is 12.5. The number of rotatable bonds is 1. The highest BCUT2D eigenvalue weighted by molar-refractivity contribution is 6.30. The van der Waals surface area contributed by atoms with Crippen LogP contribution in [0.3, 0.4) is 0 Å². The van der Waals surface area contributed by atoms with Gasteiger partial charge in [-0.2, -0.15) is 0 Å². The Balaban J connectivity index is 2.33. The van der Waals surface area contributed by atoms with E-state index in [-0.39, 0.29) is 5.82 Å². The SMILES string of the molecule is Cn1c2c(c(=O)n(C)c1=O)C(c1cccc(Cl)c1)NC(=O)N2. The fourth-order valence-electron chi connectivity index (χ4n) is 2.56. The Morgan fingerprint density at radius 3 is 2.55 bits per heavy atom. The van der Waals surface area contributed by atoms with Gasteiger partial charge in [0.25, 0.3) is 5.56 Å². The van der Waals surface area contributed by atoms with Crippen LogP contribution >= 0.6 is 11.6 Å². The fraction of sp³-hybridized carbons (Fsp3) is 0.214. The summed E-state index contributed by atoms with van der Waals surface area (Å²) in [6.07, 6.45) is 0. The van der Waals surface area contributed by atoms with E-state index in [0.717, 1.165) is 4.57 Å². The number of halogens is 1. The molecule has 0 fully saturated rings. The van der Waals surface area contributed by atoms with Gasteiger partial charge in [-0.3, -0.25) is 19.2 Å². The van der Waals surface area contributed by atoms with E-state index in [9.17, 15) is 14.4 Å². The van der Waals surface area contributed by atoms with E-state index in [1.807, 2.05) is 0 Å². The molecule has 114 valence electrons. The lowest BCUT2D eigenvalue weighted by Gasteiger charge is -2.28. The van der Waals surface area contributed by atoms with Gasteiger partial charge in [0.15, 0.2) is 0 Å². The number of nitrogens with zero attached hydrogens (tertiary/aromatic N) is 2. The van der Waals surface area contributed by atoms with Crippen molar-refractivity contribution in [2.24, 2.45) is 14.1 Å². The van der Waals surface area contributed by atoms with Gasteiger partial charge in [-0.05, 0) is 17.7 Å². The summed E-state index contributed by atoms with van der Waals surface area (Å²) in [7, 11) is 2.90. The molecule has 1 aromatic heterocycles. The molecule has 2 heterocycles. The quantitative estimate of drug-likeness (QED) is 0.820. The summed E-state index contributed by atoms with van der Waals surface area (Å²) in [4.78, 5) is 36.4. The number of aromatic nitrogens is 2. The van der Waals surface area contributed by atoms with Crippen LogP contribution in [0.4, 0.5) is 10.6 Å². The van der Waals surface area contributed by atoms with Crippen LogP contribution in [0.1, 0.15) is 17.2 Å². The smallest absolute Gasteiger partial charge is 0.327 e. The number of urea groups is 1. The van der Waals surface area contributed by atoms with Crippen LogP contribution < -0.4 is 21.9 Å². The monoisotopic (exact) mass is 320 g/mol. The standard InChI is InChI=1S/C14H13ClN4O3/c1-18-11-9(12(20)19(2)14(18)22)10(16-13(21)17-11)7-4-3-5-8(15)6-7/h3-6,10H,1-2H3,(H2,16,17,21). The molecule has 22 heavy (non-hydrogen) atoms. The van der Waals surface area contributed by atoms with E-state index in [2.05, 4.69) is 10.6 Å². The molecule has 1 aliphatic heterocycles. The number of carbonyl (C=O) groups is 1. The van der Waals surface area contributed by atoms with Gasteiger partial charge >= 0.3 is 11.7 Å². The molecule has 3 rings (SSSR count). The summed E-state index contributed by atoms with van der Waals surface area (Å²) in [5.41, 5.74) is -0.00261. The summed E-state index contributed by atoms with van der Waals surface area (Å²) in [6, 6.07) is 5.71. The van der Waals surface area contributed by atoms with Gasteiger partial charge in [0, 0.05) is 19.1 Å². The number of hydrogen-bond donors (Lipinski definition) is 2. The molecule has 2 aromatic rings. The van der Waals surface area contributed by atoms with E-state index in [1.165, 1.54) is 18.7 Å². The van der Waals surface area contributed by atoms with Crippen LogP contribution in [0.25, 0.3) is 0 Å². The van der Waals surface area contributed by atoms with E-state index in [4.69, 9.17) is 11.6 Å². The Hall–Kier alpha value is -2.54. The fourth-order valence-corrected chi connectivity index (χ4v) is 2.76. The predicted molar refractivity (Wildman–Crippen MR) is 82.4 cm³/mol. The van der Waals surface area contributed by atoms with Gasteiger partial charge in [-0.1, -0.05) is 23.7 Å². The zero-order chi connectivity index (χ0) is 16.0. The Morgan fingerprint density at radius 2 is 1.86 bits per heavy atom. The van der Waals surface area contributed by atoms with Crippen LogP contribution in [-0.4, -0.2) is 15.2 Å². The molecule has 7 nitrogen and oxygen atoms in total. The molecule has 2 N–H and O–H groups in total. The van der Waals surface area contributed by atoms with E-state index < -0.39 is 23.3 Å².